The van der Waals surface area contributed by atoms with E-state index in [4.69, 9.17) is 4.74 Å². The predicted octanol–water partition coefficient (Wildman–Crippen LogP) is -0.344. The van der Waals surface area contributed by atoms with Crippen LogP contribution in [0, 0.1) is 6.54 Å². The van der Waals surface area contributed by atoms with Crippen LogP contribution in [0.4, 0.5) is 0 Å². The summed E-state index contributed by atoms with van der Waals surface area (Å²) in [6, 6.07) is 0. The Balaban J connectivity index is 2.30. The van der Waals surface area contributed by atoms with Gasteiger partial charge in [-0.15, -0.1) is 0 Å². The molecule has 1 fully saturated rings. The van der Waals surface area contributed by atoms with Crippen molar-refractivity contribution in [3.8, 4) is 0 Å². The predicted molar refractivity (Wildman–Crippen MR) is 35.7 cm³/mol. The van der Waals surface area contributed by atoms with Crippen molar-refractivity contribution in [3.63, 3.8) is 0 Å². The first-order valence-electron chi connectivity index (χ1n) is 3.12. The van der Waals surface area contributed by atoms with Gasteiger partial charge >= 0.3 is 0 Å². The van der Waals surface area contributed by atoms with Gasteiger partial charge in [-0.05, 0) is 7.05 Å². The van der Waals surface area contributed by atoms with Crippen molar-refractivity contribution in [2.24, 2.45) is 0 Å². The van der Waals surface area contributed by atoms with E-state index in [-0.39, 0.29) is 6.23 Å². The van der Waals surface area contributed by atoms with E-state index < -0.39 is 0 Å². The molecule has 1 unspecified atom stereocenters. The molecule has 1 N–H and O–H groups in total. The summed E-state index contributed by atoms with van der Waals surface area (Å²) in [4.78, 5) is 2.15. The first-order valence-corrected chi connectivity index (χ1v) is 3.12. The summed E-state index contributed by atoms with van der Waals surface area (Å²) in [5.41, 5.74) is 0. The number of ether oxygens (including phenoxy) is 1. The minimum absolute atomic E-state index is 0.245. The Morgan fingerprint density at radius 3 is 3.00 bits per heavy atom. The van der Waals surface area contributed by atoms with Crippen LogP contribution in [-0.2, 0) is 4.74 Å². The molecule has 0 amide bonds. The third-order valence-electron chi connectivity index (χ3n) is 1.58. The second-order valence-corrected chi connectivity index (χ2v) is 2.24. The Hall–Kier alpha value is -0.120. The van der Waals surface area contributed by atoms with E-state index in [9.17, 15) is 0 Å². The van der Waals surface area contributed by atoms with Crippen LogP contribution in [0.3, 0.4) is 0 Å². The van der Waals surface area contributed by atoms with E-state index in [1.807, 2.05) is 13.6 Å². The van der Waals surface area contributed by atoms with Gasteiger partial charge in [-0.3, -0.25) is 4.90 Å². The van der Waals surface area contributed by atoms with E-state index in [0.29, 0.717) is 0 Å². The summed E-state index contributed by atoms with van der Waals surface area (Å²) in [5.74, 6) is 0. The number of piperazine rings is 1. The number of hydrogen-bond acceptors (Lipinski definition) is 3. The summed E-state index contributed by atoms with van der Waals surface area (Å²) in [5, 5.41) is 3.12. The van der Waals surface area contributed by atoms with Crippen molar-refractivity contribution >= 4 is 0 Å². The molecule has 1 heterocycles. The number of hydrogen-bond donors (Lipinski definition) is 1. The maximum atomic E-state index is 5.15. The zero-order valence-corrected chi connectivity index (χ0v) is 5.92. The van der Waals surface area contributed by atoms with Crippen LogP contribution in [0.15, 0.2) is 0 Å². The molecule has 1 atom stereocenters. The summed E-state index contributed by atoms with van der Waals surface area (Å²) < 4.78 is 5.15. The smallest absolute Gasteiger partial charge is 0.122 e. The number of nitrogens with zero attached hydrogens (tertiary/aromatic N) is 1. The molecule has 3 nitrogen and oxygen atoms in total. The van der Waals surface area contributed by atoms with E-state index in [1.54, 1.807) is 7.11 Å². The molecule has 1 radical (unpaired) electrons. The number of methoxy groups -OCH3 is 1. The van der Waals surface area contributed by atoms with Gasteiger partial charge in [0, 0.05) is 26.7 Å². The fourth-order valence-electron chi connectivity index (χ4n) is 0.929. The molecule has 1 saturated heterocycles. The van der Waals surface area contributed by atoms with Crippen molar-refractivity contribution in [2.75, 3.05) is 27.2 Å². The number of rotatable bonds is 1. The normalized spacial score (nSPS) is 30.7. The first-order chi connectivity index (χ1) is 4.34. The molecule has 0 aromatic heterocycles. The fraction of sp³-hybridized carbons (Fsp3) is 0.833. The number of nitrogens with one attached hydrogen (secondary N) is 1. The maximum Gasteiger partial charge on any atom is 0.122 e. The minimum atomic E-state index is 0.245. The molecule has 9 heavy (non-hydrogen) atoms. The highest BCUT2D eigenvalue weighted by Crippen LogP contribution is 2.00. The molecule has 1 rings (SSSR count). The lowest BCUT2D eigenvalue weighted by molar-refractivity contribution is -0.0235. The fourth-order valence-corrected chi connectivity index (χ4v) is 0.929. The quantitative estimate of drug-likeness (QED) is 0.524. The van der Waals surface area contributed by atoms with Crippen LogP contribution >= 0.6 is 0 Å². The lowest BCUT2D eigenvalue weighted by Crippen LogP contribution is -2.47. The maximum absolute atomic E-state index is 5.15. The highest BCUT2D eigenvalue weighted by molar-refractivity contribution is 4.77. The average Bonchev–Trinajstić information content (AvgIpc) is 1.89. The molecule has 0 aromatic rings. The Morgan fingerprint density at radius 1 is 1.78 bits per heavy atom. The van der Waals surface area contributed by atoms with E-state index in [0.717, 1.165) is 13.1 Å². The van der Waals surface area contributed by atoms with Crippen molar-refractivity contribution in [3.05, 3.63) is 6.54 Å². The summed E-state index contributed by atoms with van der Waals surface area (Å²) in [6.07, 6.45) is 0.245. The molecule has 0 saturated carbocycles. The van der Waals surface area contributed by atoms with Crippen LogP contribution in [0.2, 0.25) is 0 Å². The summed E-state index contributed by atoms with van der Waals surface area (Å²) in [7, 11) is 3.78. The summed E-state index contributed by atoms with van der Waals surface area (Å²) in [6.45, 7) is 3.89. The zero-order chi connectivity index (χ0) is 6.69. The standard InChI is InChI=1S/C6H13N2O/c1-8-4-3-7-5-6(8)9-2/h3,6-7H,4-5H2,1-2H3. The van der Waals surface area contributed by atoms with E-state index in [2.05, 4.69) is 10.2 Å². The Labute approximate surface area is 56.0 Å². The Kier molecular flexibility index (Phi) is 2.45. The minimum Gasteiger partial charge on any atom is -0.365 e. The Morgan fingerprint density at radius 2 is 2.56 bits per heavy atom. The average molecular weight is 129 g/mol. The monoisotopic (exact) mass is 129 g/mol. The van der Waals surface area contributed by atoms with Crippen LogP contribution in [0.25, 0.3) is 0 Å². The third kappa shape index (κ3) is 1.64. The molecular formula is C6H13N2O. The third-order valence-corrected chi connectivity index (χ3v) is 1.58. The molecule has 0 bridgehead atoms. The van der Waals surface area contributed by atoms with Crippen LogP contribution in [0.5, 0.6) is 0 Å². The van der Waals surface area contributed by atoms with Gasteiger partial charge in [-0.25, -0.2) is 0 Å². The molecule has 1 aliphatic rings. The van der Waals surface area contributed by atoms with Crippen molar-refractivity contribution < 1.29 is 4.74 Å². The largest absolute Gasteiger partial charge is 0.365 e. The molecule has 0 aliphatic carbocycles. The zero-order valence-electron chi connectivity index (χ0n) is 5.92. The van der Waals surface area contributed by atoms with Crippen LogP contribution in [-0.4, -0.2) is 38.4 Å². The van der Waals surface area contributed by atoms with Gasteiger partial charge < -0.3 is 10.1 Å². The first kappa shape index (κ1) is 6.99. The van der Waals surface area contributed by atoms with Crippen molar-refractivity contribution in [1.82, 2.24) is 10.2 Å². The second-order valence-electron chi connectivity index (χ2n) is 2.24. The van der Waals surface area contributed by atoms with E-state index in [1.165, 1.54) is 0 Å². The SMILES string of the molecule is COC1CN[CH]CN1C. The van der Waals surface area contributed by atoms with Crippen LogP contribution < -0.4 is 5.32 Å². The van der Waals surface area contributed by atoms with Gasteiger partial charge in [0.05, 0.1) is 0 Å². The lowest BCUT2D eigenvalue weighted by Gasteiger charge is -2.31. The van der Waals surface area contributed by atoms with Gasteiger partial charge in [-0.2, -0.15) is 0 Å². The second kappa shape index (κ2) is 3.15. The van der Waals surface area contributed by atoms with Crippen molar-refractivity contribution in [2.45, 2.75) is 6.23 Å². The highest BCUT2D eigenvalue weighted by atomic mass is 16.5. The van der Waals surface area contributed by atoms with Gasteiger partial charge in [0.15, 0.2) is 0 Å². The van der Waals surface area contributed by atoms with E-state index >= 15 is 0 Å². The molecule has 3 heteroatoms. The molecule has 0 aromatic carbocycles. The van der Waals surface area contributed by atoms with Crippen molar-refractivity contribution in [1.29, 1.82) is 0 Å². The number of likely N-dealkylation sites (N-methyl/N-ethyl adjacent to an activating group) is 1. The molecule has 53 valence electrons. The molecule has 1 aliphatic heterocycles. The molecular weight excluding hydrogens is 116 g/mol. The van der Waals surface area contributed by atoms with Gasteiger partial charge in [-0.1, -0.05) is 0 Å². The molecule has 0 spiro atoms. The Bertz CT molecular complexity index is 87.1. The van der Waals surface area contributed by atoms with Gasteiger partial charge in [0.2, 0.25) is 0 Å². The van der Waals surface area contributed by atoms with Gasteiger partial charge in [0.25, 0.3) is 0 Å². The highest BCUT2D eigenvalue weighted by Gasteiger charge is 2.16. The van der Waals surface area contributed by atoms with Gasteiger partial charge in [0.1, 0.15) is 6.23 Å². The summed E-state index contributed by atoms with van der Waals surface area (Å²) >= 11 is 0. The van der Waals surface area contributed by atoms with Crippen LogP contribution in [0.1, 0.15) is 0 Å². The lowest BCUT2D eigenvalue weighted by atomic mass is 10.4. The topological polar surface area (TPSA) is 24.5 Å².